The van der Waals surface area contributed by atoms with Crippen LogP contribution in [0.4, 0.5) is 0 Å². The molecule has 3 unspecified atom stereocenters. The molecule has 1 aliphatic carbocycles. The van der Waals surface area contributed by atoms with Crippen LogP contribution in [-0.4, -0.2) is 42.0 Å². The van der Waals surface area contributed by atoms with E-state index in [9.17, 15) is 17.9 Å². The molecule has 0 heterocycles. The SMILES string of the molecule is CSC1(C)C=CC=CC1S(=O)(=O)OCP(=O)(O)OC(C)C. The van der Waals surface area contributed by atoms with Crippen LogP contribution in [0.25, 0.3) is 0 Å². The summed E-state index contributed by atoms with van der Waals surface area (Å²) < 4.78 is 45.1. The van der Waals surface area contributed by atoms with Gasteiger partial charge in [-0.25, -0.2) is 0 Å². The van der Waals surface area contributed by atoms with E-state index in [1.54, 1.807) is 45.3 Å². The molecular weight excluding hydrogens is 335 g/mol. The lowest BCUT2D eigenvalue weighted by Crippen LogP contribution is -2.41. The monoisotopic (exact) mass is 356 g/mol. The highest BCUT2D eigenvalue weighted by Gasteiger charge is 2.42. The molecule has 0 aliphatic heterocycles. The Morgan fingerprint density at radius 1 is 1.43 bits per heavy atom. The summed E-state index contributed by atoms with van der Waals surface area (Å²) in [6.45, 7) is 4.93. The maximum Gasteiger partial charge on any atom is 0.355 e. The molecule has 9 heteroatoms. The third-order valence-corrected chi connectivity index (χ3v) is 7.41. The van der Waals surface area contributed by atoms with E-state index in [1.165, 1.54) is 17.8 Å². The average Bonchev–Trinajstić information content (AvgIpc) is 2.35. The van der Waals surface area contributed by atoms with E-state index in [1.807, 2.05) is 0 Å². The van der Waals surface area contributed by atoms with Gasteiger partial charge in [0.25, 0.3) is 10.1 Å². The largest absolute Gasteiger partial charge is 0.355 e. The van der Waals surface area contributed by atoms with Crippen molar-refractivity contribution >= 4 is 29.5 Å². The minimum Gasteiger partial charge on any atom is -0.323 e. The van der Waals surface area contributed by atoms with E-state index < -0.39 is 40.2 Å². The minimum atomic E-state index is -4.10. The highest BCUT2D eigenvalue weighted by atomic mass is 32.2. The highest BCUT2D eigenvalue weighted by molar-refractivity contribution is 8.01. The third kappa shape index (κ3) is 5.23. The summed E-state index contributed by atoms with van der Waals surface area (Å²) in [6, 6.07) is 0. The fourth-order valence-corrected chi connectivity index (χ4v) is 5.93. The Hall–Kier alpha value is -0.110. The molecule has 0 saturated carbocycles. The molecule has 6 nitrogen and oxygen atoms in total. The van der Waals surface area contributed by atoms with Gasteiger partial charge in [-0.05, 0) is 27.0 Å². The maximum absolute atomic E-state index is 12.3. The smallest absolute Gasteiger partial charge is 0.323 e. The van der Waals surface area contributed by atoms with Gasteiger partial charge in [0.2, 0.25) is 0 Å². The quantitative estimate of drug-likeness (QED) is 0.554. The molecule has 0 aromatic carbocycles. The van der Waals surface area contributed by atoms with Crippen molar-refractivity contribution in [3.63, 3.8) is 0 Å². The fourth-order valence-electron chi connectivity index (χ4n) is 1.84. The molecule has 0 spiro atoms. The van der Waals surface area contributed by atoms with E-state index >= 15 is 0 Å². The van der Waals surface area contributed by atoms with Crippen molar-refractivity contribution < 1.29 is 26.6 Å². The molecule has 1 aliphatic rings. The predicted molar refractivity (Wildman–Crippen MR) is 84.9 cm³/mol. The van der Waals surface area contributed by atoms with Gasteiger partial charge in [-0.2, -0.15) is 20.2 Å². The first-order valence-corrected chi connectivity index (χ1v) is 10.8. The third-order valence-electron chi connectivity index (χ3n) is 2.90. The van der Waals surface area contributed by atoms with E-state index in [4.69, 9.17) is 8.71 Å². The molecule has 0 bridgehead atoms. The lowest BCUT2D eigenvalue weighted by atomic mass is 10.0. The van der Waals surface area contributed by atoms with Crippen LogP contribution < -0.4 is 0 Å². The Bertz CT molecular complexity index is 568. The zero-order valence-corrected chi connectivity index (χ0v) is 15.0. The van der Waals surface area contributed by atoms with Gasteiger partial charge in [0.1, 0.15) is 5.25 Å². The van der Waals surface area contributed by atoms with Crippen molar-refractivity contribution in [2.75, 3.05) is 12.6 Å². The van der Waals surface area contributed by atoms with Crippen molar-refractivity contribution in [3.8, 4) is 0 Å². The average molecular weight is 356 g/mol. The molecule has 0 aromatic heterocycles. The van der Waals surface area contributed by atoms with Crippen LogP contribution >= 0.6 is 19.4 Å². The van der Waals surface area contributed by atoms with Crippen LogP contribution in [0.3, 0.4) is 0 Å². The van der Waals surface area contributed by atoms with Gasteiger partial charge >= 0.3 is 7.60 Å². The van der Waals surface area contributed by atoms with Gasteiger partial charge in [0.05, 0.1) is 10.9 Å². The number of hydrogen-bond acceptors (Lipinski definition) is 6. The van der Waals surface area contributed by atoms with Crippen LogP contribution in [0.5, 0.6) is 0 Å². The Morgan fingerprint density at radius 3 is 2.57 bits per heavy atom. The molecule has 0 saturated heterocycles. The molecule has 0 radical (unpaired) electrons. The molecule has 1 rings (SSSR count). The lowest BCUT2D eigenvalue weighted by Gasteiger charge is -2.32. The Labute approximate surface area is 130 Å². The van der Waals surface area contributed by atoms with Crippen LogP contribution in [0.1, 0.15) is 20.8 Å². The molecule has 0 amide bonds. The van der Waals surface area contributed by atoms with E-state index in [0.717, 1.165) is 0 Å². The highest BCUT2D eigenvalue weighted by Crippen LogP contribution is 2.44. The van der Waals surface area contributed by atoms with Crippen molar-refractivity contribution in [3.05, 3.63) is 24.3 Å². The molecule has 21 heavy (non-hydrogen) atoms. The number of rotatable bonds is 7. The van der Waals surface area contributed by atoms with E-state index in [-0.39, 0.29) is 0 Å². The fraction of sp³-hybridized carbons (Fsp3) is 0.667. The van der Waals surface area contributed by atoms with Gasteiger partial charge < -0.3 is 9.42 Å². The summed E-state index contributed by atoms with van der Waals surface area (Å²) in [5.41, 5.74) is 0. The second kappa shape index (κ2) is 6.98. The molecule has 0 aromatic rings. The summed E-state index contributed by atoms with van der Waals surface area (Å²) in [5, 5.41) is -0.927. The van der Waals surface area contributed by atoms with Crippen LogP contribution in [0.15, 0.2) is 24.3 Å². The lowest BCUT2D eigenvalue weighted by molar-refractivity contribution is 0.187. The van der Waals surface area contributed by atoms with Crippen molar-refractivity contribution in [1.29, 1.82) is 0 Å². The van der Waals surface area contributed by atoms with Gasteiger partial charge in [-0.1, -0.05) is 24.3 Å². The first-order chi connectivity index (χ1) is 9.52. The van der Waals surface area contributed by atoms with Crippen molar-refractivity contribution in [2.45, 2.75) is 36.9 Å². The van der Waals surface area contributed by atoms with Crippen molar-refractivity contribution in [2.24, 2.45) is 0 Å². The molecular formula is C12H21O6PS2. The zero-order chi connectivity index (χ0) is 16.3. The molecule has 1 N–H and O–H groups in total. The van der Waals surface area contributed by atoms with Crippen LogP contribution in [-0.2, 0) is 23.4 Å². The Kier molecular flexibility index (Phi) is 6.29. The summed E-state index contributed by atoms with van der Waals surface area (Å²) in [5.74, 6) is 0. The standard InChI is InChI=1S/C12H21O6PS2/c1-10(2)18-19(13,14)9-17-21(15,16)11-7-5-6-8-12(11,3)20-4/h5-8,10-11H,9H2,1-4H3,(H,13,14). The Balaban J connectivity index is 2.85. The molecule has 0 fully saturated rings. The second-order valence-corrected chi connectivity index (χ2v) is 9.84. The van der Waals surface area contributed by atoms with Gasteiger partial charge in [-0.3, -0.25) is 8.75 Å². The first-order valence-electron chi connectivity index (χ1n) is 6.32. The van der Waals surface area contributed by atoms with Crippen LogP contribution in [0, 0.1) is 0 Å². The zero-order valence-electron chi connectivity index (χ0n) is 12.4. The normalized spacial score (nSPS) is 28.8. The van der Waals surface area contributed by atoms with Gasteiger partial charge in [-0.15, -0.1) is 0 Å². The number of hydrogen-bond donors (Lipinski definition) is 1. The van der Waals surface area contributed by atoms with Gasteiger partial charge in [0.15, 0.2) is 6.35 Å². The topological polar surface area (TPSA) is 89.9 Å². The van der Waals surface area contributed by atoms with Crippen molar-refractivity contribution in [1.82, 2.24) is 0 Å². The second-order valence-electron chi connectivity index (χ2n) is 5.08. The maximum atomic E-state index is 12.3. The van der Waals surface area contributed by atoms with Gasteiger partial charge in [0, 0.05) is 0 Å². The van der Waals surface area contributed by atoms with Crippen LogP contribution in [0.2, 0.25) is 0 Å². The number of thioether (sulfide) groups is 1. The predicted octanol–water partition coefficient (Wildman–Crippen LogP) is 2.52. The summed E-state index contributed by atoms with van der Waals surface area (Å²) in [4.78, 5) is 9.54. The summed E-state index contributed by atoms with van der Waals surface area (Å²) >= 11 is 1.37. The minimum absolute atomic E-state index is 0.499. The summed E-state index contributed by atoms with van der Waals surface area (Å²) in [7, 11) is -8.14. The Morgan fingerprint density at radius 2 is 2.05 bits per heavy atom. The number of allylic oxidation sites excluding steroid dienone is 2. The molecule has 3 atom stereocenters. The first kappa shape index (κ1) is 18.9. The summed E-state index contributed by atoms with van der Waals surface area (Å²) in [6.07, 6.45) is 7.08. The van der Waals surface area contributed by atoms with E-state index in [2.05, 4.69) is 0 Å². The van der Waals surface area contributed by atoms with E-state index in [0.29, 0.717) is 0 Å². The molecule has 122 valence electrons.